The smallest absolute Gasteiger partial charge is 0.0130 e. The van der Waals surface area contributed by atoms with E-state index in [2.05, 4.69) is 38.2 Å². The van der Waals surface area contributed by atoms with Crippen molar-refractivity contribution in [3.63, 3.8) is 0 Å². The first-order valence-electron chi connectivity index (χ1n) is 4.84. The number of allylic oxidation sites excluding steroid dienone is 6. The van der Waals surface area contributed by atoms with Crippen LogP contribution in [0, 0.1) is 0 Å². The molecule has 1 aliphatic rings. The quantitative estimate of drug-likeness (QED) is 0.548. The van der Waals surface area contributed by atoms with Crippen LogP contribution in [0.4, 0.5) is 0 Å². The van der Waals surface area contributed by atoms with Crippen LogP contribution in [0.2, 0.25) is 0 Å². The van der Waals surface area contributed by atoms with Gasteiger partial charge < -0.3 is 0 Å². The van der Waals surface area contributed by atoms with Gasteiger partial charge in [-0.3, -0.25) is 0 Å². The second-order valence-electron chi connectivity index (χ2n) is 3.37. The van der Waals surface area contributed by atoms with Crippen molar-refractivity contribution in [2.75, 3.05) is 0 Å². The molecule has 0 radical (unpaired) electrons. The van der Waals surface area contributed by atoms with E-state index in [-0.39, 0.29) is 0 Å². The van der Waals surface area contributed by atoms with Crippen molar-refractivity contribution in [3.05, 3.63) is 35.5 Å². The minimum Gasteiger partial charge on any atom is -0.0888 e. The zero-order valence-electron chi connectivity index (χ0n) is 8.14. The zero-order chi connectivity index (χ0) is 8.81. The van der Waals surface area contributed by atoms with E-state index < -0.39 is 0 Å². The Balaban J connectivity index is 2.18. The van der Waals surface area contributed by atoms with E-state index in [1.807, 2.05) is 0 Å². The lowest BCUT2D eigenvalue weighted by atomic mass is 10.1. The summed E-state index contributed by atoms with van der Waals surface area (Å²) in [5, 5.41) is 0. The van der Waals surface area contributed by atoms with E-state index in [9.17, 15) is 0 Å². The molecule has 0 aromatic carbocycles. The first-order valence-corrected chi connectivity index (χ1v) is 4.84. The van der Waals surface area contributed by atoms with Crippen LogP contribution in [-0.2, 0) is 0 Å². The van der Waals surface area contributed by atoms with Crippen molar-refractivity contribution < 1.29 is 0 Å². The van der Waals surface area contributed by atoms with Gasteiger partial charge in [-0.1, -0.05) is 42.4 Å². The fraction of sp³-hybridized carbons (Fsp3) is 0.500. The van der Waals surface area contributed by atoms with Crippen LogP contribution >= 0.6 is 0 Å². The summed E-state index contributed by atoms with van der Waals surface area (Å²) in [6.45, 7) is 4.35. The molecule has 1 rings (SSSR count). The Labute approximate surface area is 75.7 Å². The third kappa shape index (κ3) is 3.08. The molecular formula is C12H18. The molecule has 0 amide bonds. The maximum Gasteiger partial charge on any atom is -0.0130 e. The Kier molecular flexibility index (Phi) is 3.86. The normalized spacial score (nSPS) is 16.8. The van der Waals surface area contributed by atoms with E-state index >= 15 is 0 Å². The summed E-state index contributed by atoms with van der Waals surface area (Å²) < 4.78 is 0. The fourth-order valence-corrected chi connectivity index (χ4v) is 1.46. The lowest BCUT2D eigenvalue weighted by Gasteiger charge is -1.96. The molecule has 0 bridgehead atoms. The third-order valence-electron chi connectivity index (χ3n) is 2.15. The Morgan fingerprint density at radius 3 is 2.83 bits per heavy atom. The number of hydrogen-bond acceptors (Lipinski definition) is 0. The topological polar surface area (TPSA) is 0 Å². The SMILES string of the molecule is CCC=CCCC1=CC(C)=CC1. The molecule has 0 aliphatic heterocycles. The molecule has 12 heavy (non-hydrogen) atoms. The highest BCUT2D eigenvalue weighted by Gasteiger charge is 2.00. The van der Waals surface area contributed by atoms with E-state index in [0.29, 0.717) is 0 Å². The summed E-state index contributed by atoms with van der Waals surface area (Å²) >= 11 is 0. The lowest BCUT2D eigenvalue weighted by Crippen LogP contribution is -1.76. The molecule has 0 heteroatoms. The van der Waals surface area contributed by atoms with Gasteiger partial charge in [0.05, 0.1) is 0 Å². The largest absolute Gasteiger partial charge is 0.0888 e. The molecule has 66 valence electrons. The second kappa shape index (κ2) is 4.97. The molecule has 0 aromatic rings. The molecule has 1 aliphatic carbocycles. The Morgan fingerprint density at radius 2 is 2.25 bits per heavy atom. The number of rotatable bonds is 4. The summed E-state index contributed by atoms with van der Waals surface area (Å²) in [5.74, 6) is 0. The van der Waals surface area contributed by atoms with E-state index in [1.54, 1.807) is 5.57 Å². The van der Waals surface area contributed by atoms with Gasteiger partial charge in [-0.2, -0.15) is 0 Å². The van der Waals surface area contributed by atoms with Crippen LogP contribution in [0.15, 0.2) is 35.5 Å². The maximum absolute atomic E-state index is 2.32. The molecule has 0 unspecified atom stereocenters. The molecule has 0 heterocycles. The van der Waals surface area contributed by atoms with Gasteiger partial charge in [0.25, 0.3) is 0 Å². The zero-order valence-corrected chi connectivity index (χ0v) is 8.14. The molecular weight excluding hydrogens is 144 g/mol. The average Bonchev–Trinajstić information content (AvgIpc) is 2.45. The van der Waals surface area contributed by atoms with Crippen LogP contribution < -0.4 is 0 Å². The van der Waals surface area contributed by atoms with E-state index in [0.717, 1.165) is 6.42 Å². The molecule has 0 aromatic heterocycles. The first kappa shape index (κ1) is 9.31. The Bertz CT molecular complexity index is 216. The standard InChI is InChI=1S/C12H18/c1-3-4-5-6-7-12-9-8-11(2)10-12/h4-5,8,10H,3,6-7,9H2,1-2H3. The van der Waals surface area contributed by atoms with Crippen molar-refractivity contribution >= 4 is 0 Å². The molecule has 0 N–H and O–H groups in total. The third-order valence-corrected chi connectivity index (χ3v) is 2.15. The van der Waals surface area contributed by atoms with Crippen LogP contribution in [0.5, 0.6) is 0 Å². The highest BCUT2D eigenvalue weighted by molar-refractivity contribution is 5.30. The summed E-state index contributed by atoms with van der Waals surface area (Å²) in [5.41, 5.74) is 3.03. The van der Waals surface area contributed by atoms with E-state index in [1.165, 1.54) is 24.8 Å². The monoisotopic (exact) mass is 162 g/mol. The summed E-state index contributed by atoms with van der Waals surface area (Å²) in [6, 6.07) is 0. The molecule has 0 spiro atoms. The molecule has 0 atom stereocenters. The van der Waals surface area contributed by atoms with Gasteiger partial charge in [0, 0.05) is 0 Å². The van der Waals surface area contributed by atoms with Gasteiger partial charge in [0.15, 0.2) is 0 Å². The molecule has 0 nitrogen and oxygen atoms in total. The lowest BCUT2D eigenvalue weighted by molar-refractivity contribution is 0.945. The van der Waals surface area contributed by atoms with Crippen LogP contribution in [0.3, 0.4) is 0 Å². The highest BCUT2D eigenvalue weighted by atomic mass is 14.1. The fourth-order valence-electron chi connectivity index (χ4n) is 1.46. The molecule has 0 saturated heterocycles. The summed E-state index contributed by atoms with van der Waals surface area (Å²) in [4.78, 5) is 0. The predicted octanol–water partition coefficient (Wildman–Crippen LogP) is 4.01. The molecule has 0 saturated carbocycles. The first-order chi connectivity index (χ1) is 5.83. The molecule has 0 fully saturated rings. The van der Waals surface area contributed by atoms with Gasteiger partial charge in [-0.25, -0.2) is 0 Å². The van der Waals surface area contributed by atoms with E-state index in [4.69, 9.17) is 0 Å². The average molecular weight is 162 g/mol. The van der Waals surface area contributed by atoms with Crippen molar-refractivity contribution in [1.29, 1.82) is 0 Å². The van der Waals surface area contributed by atoms with Crippen LogP contribution in [0.1, 0.15) is 39.5 Å². The summed E-state index contributed by atoms with van der Waals surface area (Å²) in [6.07, 6.45) is 14.0. The Hall–Kier alpha value is -0.780. The predicted molar refractivity (Wildman–Crippen MR) is 55.1 cm³/mol. The van der Waals surface area contributed by atoms with Gasteiger partial charge in [0.2, 0.25) is 0 Å². The van der Waals surface area contributed by atoms with Gasteiger partial charge in [-0.05, 0) is 32.6 Å². The van der Waals surface area contributed by atoms with Crippen molar-refractivity contribution in [1.82, 2.24) is 0 Å². The van der Waals surface area contributed by atoms with Crippen molar-refractivity contribution in [3.8, 4) is 0 Å². The summed E-state index contributed by atoms with van der Waals surface area (Å²) in [7, 11) is 0. The minimum atomic E-state index is 1.16. The van der Waals surface area contributed by atoms with Gasteiger partial charge in [-0.15, -0.1) is 0 Å². The maximum atomic E-state index is 2.32. The van der Waals surface area contributed by atoms with Crippen LogP contribution in [-0.4, -0.2) is 0 Å². The van der Waals surface area contributed by atoms with Crippen molar-refractivity contribution in [2.24, 2.45) is 0 Å². The highest BCUT2D eigenvalue weighted by Crippen LogP contribution is 2.20. The van der Waals surface area contributed by atoms with Gasteiger partial charge in [0.1, 0.15) is 0 Å². The number of hydrogen-bond donors (Lipinski definition) is 0. The Morgan fingerprint density at radius 1 is 1.42 bits per heavy atom. The van der Waals surface area contributed by atoms with Gasteiger partial charge >= 0.3 is 0 Å². The minimum absolute atomic E-state index is 1.16. The van der Waals surface area contributed by atoms with Crippen molar-refractivity contribution in [2.45, 2.75) is 39.5 Å². The second-order valence-corrected chi connectivity index (χ2v) is 3.37. The van der Waals surface area contributed by atoms with Crippen LogP contribution in [0.25, 0.3) is 0 Å².